The molecule has 3 rings (SSSR count). The Morgan fingerprint density at radius 1 is 1.17 bits per heavy atom. The summed E-state index contributed by atoms with van der Waals surface area (Å²) in [5.41, 5.74) is 2.91. The lowest BCUT2D eigenvalue weighted by Crippen LogP contribution is -2.23. The highest BCUT2D eigenvalue weighted by molar-refractivity contribution is 7.16. The first-order valence-electron chi connectivity index (χ1n) is 8.61. The first-order chi connectivity index (χ1) is 13.8. The maximum atomic E-state index is 12.4. The fourth-order valence-electron chi connectivity index (χ4n) is 2.81. The van der Waals surface area contributed by atoms with E-state index in [2.05, 4.69) is 4.99 Å². The predicted octanol–water partition coefficient (Wildman–Crippen LogP) is 4.31. The van der Waals surface area contributed by atoms with Crippen LogP contribution in [0.2, 0.25) is 10.0 Å². The van der Waals surface area contributed by atoms with Crippen LogP contribution in [0.1, 0.15) is 11.1 Å². The van der Waals surface area contributed by atoms with Gasteiger partial charge in [0.2, 0.25) is 0 Å². The van der Waals surface area contributed by atoms with E-state index in [-0.39, 0.29) is 13.2 Å². The van der Waals surface area contributed by atoms with Crippen molar-refractivity contribution in [3.63, 3.8) is 0 Å². The maximum Gasteiger partial charge on any atom is 0.325 e. The highest BCUT2D eigenvalue weighted by atomic mass is 35.5. The number of methoxy groups -OCH3 is 1. The number of fused-ring (bicyclic) bond motifs is 1. The molecule has 2 aromatic carbocycles. The van der Waals surface area contributed by atoms with Gasteiger partial charge in [-0.3, -0.25) is 9.59 Å². The van der Waals surface area contributed by atoms with Crippen LogP contribution >= 0.6 is 34.5 Å². The maximum absolute atomic E-state index is 12.4. The number of rotatable bonds is 5. The van der Waals surface area contributed by atoms with Crippen molar-refractivity contribution in [2.24, 2.45) is 4.99 Å². The van der Waals surface area contributed by atoms with E-state index in [1.54, 1.807) is 16.7 Å². The van der Waals surface area contributed by atoms with Crippen LogP contribution in [0.15, 0.2) is 35.3 Å². The van der Waals surface area contributed by atoms with Gasteiger partial charge in [-0.2, -0.15) is 4.99 Å². The molecule has 1 amide bonds. The lowest BCUT2D eigenvalue weighted by Gasteiger charge is -2.06. The number of carbonyl (C=O) groups is 2. The average molecular weight is 453 g/mol. The number of thiazole rings is 1. The van der Waals surface area contributed by atoms with Crippen molar-refractivity contribution in [1.82, 2.24) is 4.57 Å². The summed E-state index contributed by atoms with van der Waals surface area (Å²) in [6.07, 6.45) is 0. The monoisotopic (exact) mass is 452 g/mol. The summed E-state index contributed by atoms with van der Waals surface area (Å²) >= 11 is 13.2. The Kier molecular flexibility index (Phi) is 6.62. The van der Waals surface area contributed by atoms with Crippen molar-refractivity contribution >= 4 is 56.6 Å². The van der Waals surface area contributed by atoms with E-state index >= 15 is 0 Å². The van der Waals surface area contributed by atoms with Gasteiger partial charge in [-0.05, 0) is 49.2 Å². The summed E-state index contributed by atoms with van der Waals surface area (Å²) in [5.74, 6) is -0.595. The topological polar surface area (TPSA) is 69.9 Å². The number of benzene rings is 2. The molecule has 6 nitrogen and oxygen atoms in total. The van der Waals surface area contributed by atoms with E-state index in [1.807, 2.05) is 26.0 Å². The second-order valence-electron chi connectivity index (χ2n) is 6.35. The van der Waals surface area contributed by atoms with Crippen molar-refractivity contribution in [2.75, 3.05) is 13.7 Å². The molecule has 0 N–H and O–H groups in total. The van der Waals surface area contributed by atoms with Gasteiger partial charge in [0.05, 0.1) is 22.3 Å². The van der Waals surface area contributed by atoms with Gasteiger partial charge in [0.15, 0.2) is 11.4 Å². The van der Waals surface area contributed by atoms with Crippen LogP contribution in [0.5, 0.6) is 5.75 Å². The fraction of sp³-hybridized carbons (Fsp3) is 0.250. The number of halogens is 2. The van der Waals surface area contributed by atoms with Crippen LogP contribution in [0.25, 0.3) is 10.2 Å². The zero-order valence-electron chi connectivity index (χ0n) is 16.0. The molecule has 0 radical (unpaired) electrons. The van der Waals surface area contributed by atoms with E-state index in [9.17, 15) is 9.59 Å². The van der Waals surface area contributed by atoms with E-state index in [0.29, 0.717) is 20.6 Å². The minimum atomic E-state index is -0.504. The number of carbonyl (C=O) groups excluding carboxylic acids is 2. The molecule has 9 heteroatoms. The van der Waals surface area contributed by atoms with Crippen LogP contribution in [0, 0.1) is 13.8 Å². The van der Waals surface area contributed by atoms with Crippen LogP contribution in [-0.2, 0) is 20.9 Å². The number of amides is 1. The summed E-state index contributed by atoms with van der Waals surface area (Å²) in [4.78, 5) is 28.9. The van der Waals surface area contributed by atoms with Crippen LogP contribution in [0.3, 0.4) is 0 Å². The Morgan fingerprint density at radius 3 is 2.62 bits per heavy atom. The standard InChI is InChI=1S/C20H18Cl2N2O4S/c1-11-6-12(2)19-15(7-11)24(9-18(26)27-3)20(29-19)23-17(25)10-28-16-5-4-13(21)8-14(16)22/h4-8H,9-10H2,1-3H3. The third-order valence-corrected chi connectivity index (χ3v) is 5.85. The van der Waals surface area contributed by atoms with Crippen molar-refractivity contribution in [1.29, 1.82) is 0 Å². The molecule has 29 heavy (non-hydrogen) atoms. The Balaban J connectivity index is 1.95. The van der Waals surface area contributed by atoms with E-state index < -0.39 is 11.9 Å². The van der Waals surface area contributed by atoms with Crippen LogP contribution in [0.4, 0.5) is 0 Å². The van der Waals surface area contributed by atoms with Gasteiger partial charge in [0.1, 0.15) is 12.3 Å². The second-order valence-corrected chi connectivity index (χ2v) is 8.17. The Morgan fingerprint density at radius 2 is 1.93 bits per heavy atom. The summed E-state index contributed by atoms with van der Waals surface area (Å²) in [5, 5.41) is 0.775. The molecule has 0 aliphatic heterocycles. The van der Waals surface area contributed by atoms with Crippen molar-refractivity contribution in [2.45, 2.75) is 20.4 Å². The second kappa shape index (κ2) is 8.98. The molecule has 0 saturated carbocycles. The average Bonchev–Trinajstić information content (AvgIpc) is 2.98. The Hall–Kier alpha value is -2.35. The quantitative estimate of drug-likeness (QED) is 0.540. The summed E-state index contributed by atoms with van der Waals surface area (Å²) in [7, 11) is 1.32. The smallest absolute Gasteiger partial charge is 0.325 e. The predicted molar refractivity (Wildman–Crippen MR) is 114 cm³/mol. The number of hydrogen-bond donors (Lipinski definition) is 0. The van der Waals surface area contributed by atoms with E-state index in [1.165, 1.54) is 24.5 Å². The molecule has 0 unspecified atom stereocenters. The largest absolute Gasteiger partial charge is 0.482 e. The lowest BCUT2D eigenvalue weighted by molar-refractivity contribution is -0.141. The number of hydrogen-bond acceptors (Lipinski definition) is 5. The van der Waals surface area contributed by atoms with Gasteiger partial charge in [-0.15, -0.1) is 0 Å². The van der Waals surface area contributed by atoms with Gasteiger partial charge >= 0.3 is 5.97 Å². The van der Waals surface area contributed by atoms with Crippen LogP contribution in [-0.4, -0.2) is 30.2 Å². The third kappa shape index (κ3) is 4.98. The highest BCUT2D eigenvalue weighted by Gasteiger charge is 2.14. The van der Waals surface area contributed by atoms with Crippen molar-refractivity contribution in [3.8, 4) is 5.75 Å². The SMILES string of the molecule is COC(=O)Cn1c(=NC(=O)COc2ccc(Cl)cc2Cl)sc2c(C)cc(C)cc21. The summed E-state index contributed by atoms with van der Waals surface area (Å²) < 4.78 is 12.9. The number of nitrogens with zero attached hydrogens (tertiary/aromatic N) is 2. The number of ether oxygens (including phenoxy) is 2. The number of aryl methyl sites for hydroxylation is 2. The van der Waals surface area contributed by atoms with E-state index in [4.69, 9.17) is 32.7 Å². The highest BCUT2D eigenvalue weighted by Crippen LogP contribution is 2.27. The molecule has 3 aromatic rings. The molecule has 0 spiro atoms. The van der Waals surface area contributed by atoms with Gasteiger partial charge in [-0.1, -0.05) is 40.6 Å². The lowest BCUT2D eigenvalue weighted by atomic mass is 10.1. The molecule has 152 valence electrons. The van der Waals surface area contributed by atoms with Crippen molar-refractivity contribution in [3.05, 3.63) is 56.3 Å². The normalized spacial score (nSPS) is 11.7. The molecule has 0 saturated heterocycles. The molecule has 0 atom stereocenters. The Labute approximate surface area is 181 Å². The van der Waals surface area contributed by atoms with Gasteiger partial charge in [0, 0.05) is 5.02 Å². The Bertz CT molecular complexity index is 1170. The summed E-state index contributed by atoms with van der Waals surface area (Å²) in [6.45, 7) is 3.60. The molecular weight excluding hydrogens is 435 g/mol. The zero-order valence-corrected chi connectivity index (χ0v) is 18.3. The van der Waals surface area contributed by atoms with Crippen LogP contribution < -0.4 is 9.54 Å². The van der Waals surface area contributed by atoms with Crippen molar-refractivity contribution < 1.29 is 19.1 Å². The minimum Gasteiger partial charge on any atom is -0.482 e. The minimum absolute atomic E-state index is 0.0463. The van der Waals surface area contributed by atoms with E-state index in [0.717, 1.165) is 21.3 Å². The molecule has 1 heterocycles. The molecule has 0 aliphatic carbocycles. The molecule has 0 bridgehead atoms. The first-order valence-corrected chi connectivity index (χ1v) is 10.2. The van der Waals surface area contributed by atoms with Gasteiger partial charge in [0.25, 0.3) is 5.91 Å². The molecule has 0 fully saturated rings. The number of aromatic nitrogens is 1. The van der Waals surface area contributed by atoms with Gasteiger partial charge in [-0.25, -0.2) is 0 Å². The first kappa shape index (κ1) is 21.4. The third-order valence-electron chi connectivity index (χ3n) is 4.09. The fourth-order valence-corrected chi connectivity index (χ4v) is 4.37. The zero-order chi connectivity index (χ0) is 21.1. The molecule has 0 aliphatic rings. The van der Waals surface area contributed by atoms with Gasteiger partial charge < -0.3 is 14.0 Å². The molecular formula is C20H18Cl2N2O4S. The molecule has 1 aromatic heterocycles. The summed E-state index contributed by atoms with van der Waals surface area (Å²) in [6, 6.07) is 8.72. The number of esters is 1.